The first kappa shape index (κ1) is 12.4. The Bertz CT molecular complexity index is 403. The zero-order valence-corrected chi connectivity index (χ0v) is 10.7. The summed E-state index contributed by atoms with van der Waals surface area (Å²) in [6.07, 6.45) is 5.31. The number of terminal acetylenes is 1. The maximum absolute atomic E-state index is 5.98. The highest BCUT2D eigenvalue weighted by atomic mass is 35.5. The summed E-state index contributed by atoms with van der Waals surface area (Å²) < 4.78 is 0. The second-order valence-corrected chi connectivity index (χ2v) is 4.82. The lowest BCUT2D eigenvalue weighted by Gasteiger charge is -2.33. The first-order valence-corrected chi connectivity index (χ1v) is 6.28. The molecule has 1 aliphatic heterocycles. The molecule has 2 rings (SSSR count). The number of piperazine rings is 1. The Morgan fingerprint density at radius 3 is 2.53 bits per heavy atom. The fourth-order valence-corrected chi connectivity index (χ4v) is 2.34. The van der Waals surface area contributed by atoms with Gasteiger partial charge in [0.15, 0.2) is 0 Å². The van der Waals surface area contributed by atoms with Gasteiger partial charge in [-0.2, -0.15) is 0 Å². The maximum atomic E-state index is 5.98. The number of rotatable bonds is 3. The van der Waals surface area contributed by atoms with Crippen molar-refractivity contribution in [2.45, 2.75) is 6.54 Å². The Kier molecular flexibility index (Phi) is 4.44. The van der Waals surface area contributed by atoms with Crippen molar-refractivity contribution in [1.82, 2.24) is 9.80 Å². The summed E-state index contributed by atoms with van der Waals surface area (Å²) in [7, 11) is 0. The number of nitrogens with zero attached hydrogens (tertiary/aromatic N) is 2. The van der Waals surface area contributed by atoms with Crippen LogP contribution in [0.2, 0.25) is 5.02 Å². The van der Waals surface area contributed by atoms with Crippen LogP contribution in [0.4, 0.5) is 0 Å². The highest BCUT2D eigenvalue weighted by Crippen LogP contribution is 2.13. The molecule has 0 saturated carbocycles. The minimum absolute atomic E-state index is 0.769. The molecule has 17 heavy (non-hydrogen) atoms. The minimum Gasteiger partial charge on any atom is -0.297 e. The van der Waals surface area contributed by atoms with Gasteiger partial charge in [-0.3, -0.25) is 9.80 Å². The monoisotopic (exact) mass is 248 g/mol. The summed E-state index contributed by atoms with van der Waals surface area (Å²) in [5.74, 6) is 2.70. The molecule has 0 radical (unpaired) electrons. The first-order valence-electron chi connectivity index (χ1n) is 5.90. The van der Waals surface area contributed by atoms with Crippen molar-refractivity contribution in [1.29, 1.82) is 0 Å². The second kappa shape index (κ2) is 6.07. The second-order valence-electron chi connectivity index (χ2n) is 4.39. The van der Waals surface area contributed by atoms with Gasteiger partial charge in [0.2, 0.25) is 0 Å². The SMILES string of the molecule is C#CCN1CCN(Cc2cccc(Cl)c2)CC1. The molecule has 0 atom stereocenters. The van der Waals surface area contributed by atoms with E-state index in [2.05, 4.69) is 21.8 Å². The van der Waals surface area contributed by atoms with Gasteiger partial charge in [-0.15, -0.1) is 6.42 Å². The van der Waals surface area contributed by atoms with E-state index in [0.717, 1.165) is 44.3 Å². The predicted octanol–water partition coefficient (Wildman–Crippen LogP) is 2.09. The molecule has 0 unspecified atom stereocenters. The number of benzene rings is 1. The molecule has 1 heterocycles. The van der Waals surface area contributed by atoms with Crippen LogP contribution in [0.15, 0.2) is 24.3 Å². The van der Waals surface area contributed by atoms with Crippen LogP contribution in [0.3, 0.4) is 0 Å². The van der Waals surface area contributed by atoms with E-state index in [1.165, 1.54) is 5.56 Å². The van der Waals surface area contributed by atoms with Crippen molar-refractivity contribution < 1.29 is 0 Å². The third kappa shape index (κ3) is 3.74. The summed E-state index contributed by atoms with van der Waals surface area (Å²) in [6, 6.07) is 8.08. The molecule has 0 amide bonds. The van der Waals surface area contributed by atoms with Crippen molar-refractivity contribution in [2.75, 3.05) is 32.7 Å². The van der Waals surface area contributed by atoms with Gasteiger partial charge in [0, 0.05) is 37.7 Å². The van der Waals surface area contributed by atoms with Crippen LogP contribution in [0.5, 0.6) is 0 Å². The van der Waals surface area contributed by atoms with Crippen molar-refractivity contribution >= 4 is 11.6 Å². The van der Waals surface area contributed by atoms with Crippen molar-refractivity contribution in [3.05, 3.63) is 34.9 Å². The molecule has 0 aliphatic carbocycles. The Morgan fingerprint density at radius 2 is 1.88 bits per heavy atom. The smallest absolute Gasteiger partial charge is 0.0599 e. The van der Waals surface area contributed by atoms with E-state index in [9.17, 15) is 0 Å². The third-order valence-corrected chi connectivity index (χ3v) is 3.31. The van der Waals surface area contributed by atoms with Gasteiger partial charge >= 0.3 is 0 Å². The zero-order chi connectivity index (χ0) is 12.1. The van der Waals surface area contributed by atoms with Crippen LogP contribution in [0, 0.1) is 12.3 Å². The molecule has 90 valence electrons. The van der Waals surface area contributed by atoms with Crippen LogP contribution < -0.4 is 0 Å². The van der Waals surface area contributed by atoms with Crippen LogP contribution in [-0.4, -0.2) is 42.5 Å². The third-order valence-electron chi connectivity index (χ3n) is 3.08. The predicted molar refractivity (Wildman–Crippen MR) is 72.0 cm³/mol. The molecule has 1 fully saturated rings. The molecule has 3 heteroatoms. The Morgan fingerprint density at radius 1 is 1.18 bits per heavy atom. The van der Waals surface area contributed by atoms with E-state index in [0.29, 0.717) is 0 Å². The molecule has 0 N–H and O–H groups in total. The Labute approximate surface area is 108 Å². The molecule has 1 saturated heterocycles. The van der Waals surface area contributed by atoms with Gasteiger partial charge in [-0.05, 0) is 17.7 Å². The van der Waals surface area contributed by atoms with Gasteiger partial charge in [-0.1, -0.05) is 29.7 Å². The average Bonchev–Trinajstić information content (AvgIpc) is 2.32. The summed E-state index contributed by atoms with van der Waals surface area (Å²) in [5.41, 5.74) is 1.28. The fourth-order valence-electron chi connectivity index (χ4n) is 2.13. The Balaban J connectivity index is 1.84. The van der Waals surface area contributed by atoms with E-state index in [4.69, 9.17) is 18.0 Å². The summed E-state index contributed by atoms with van der Waals surface area (Å²) >= 11 is 5.98. The van der Waals surface area contributed by atoms with Crippen molar-refractivity contribution in [3.8, 4) is 12.3 Å². The van der Waals surface area contributed by atoms with Crippen molar-refractivity contribution in [3.63, 3.8) is 0 Å². The van der Waals surface area contributed by atoms with Crippen LogP contribution in [0.1, 0.15) is 5.56 Å². The van der Waals surface area contributed by atoms with E-state index in [1.807, 2.05) is 18.2 Å². The minimum atomic E-state index is 0.769. The highest BCUT2D eigenvalue weighted by Gasteiger charge is 2.15. The fraction of sp³-hybridized carbons (Fsp3) is 0.429. The topological polar surface area (TPSA) is 6.48 Å². The van der Waals surface area contributed by atoms with E-state index in [-0.39, 0.29) is 0 Å². The molecule has 1 aliphatic rings. The summed E-state index contributed by atoms with van der Waals surface area (Å²) in [4.78, 5) is 4.76. The van der Waals surface area contributed by atoms with Gasteiger partial charge < -0.3 is 0 Å². The lowest BCUT2D eigenvalue weighted by molar-refractivity contribution is 0.138. The molecule has 1 aromatic rings. The largest absolute Gasteiger partial charge is 0.297 e. The number of hydrogen-bond acceptors (Lipinski definition) is 2. The molecular formula is C14H17ClN2. The average molecular weight is 249 g/mol. The lowest BCUT2D eigenvalue weighted by Crippen LogP contribution is -2.45. The van der Waals surface area contributed by atoms with Crippen LogP contribution in [0.25, 0.3) is 0 Å². The lowest BCUT2D eigenvalue weighted by atomic mass is 10.2. The van der Waals surface area contributed by atoms with Crippen molar-refractivity contribution in [2.24, 2.45) is 0 Å². The molecule has 0 bridgehead atoms. The maximum Gasteiger partial charge on any atom is 0.0599 e. The van der Waals surface area contributed by atoms with Gasteiger partial charge in [0.25, 0.3) is 0 Å². The van der Waals surface area contributed by atoms with Gasteiger partial charge in [0.1, 0.15) is 0 Å². The molecule has 0 aromatic heterocycles. The normalized spacial score (nSPS) is 17.9. The summed E-state index contributed by atoms with van der Waals surface area (Å²) in [6.45, 7) is 6.02. The molecule has 1 aromatic carbocycles. The quantitative estimate of drug-likeness (QED) is 0.756. The zero-order valence-electron chi connectivity index (χ0n) is 9.90. The number of hydrogen-bond donors (Lipinski definition) is 0. The molecule has 0 spiro atoms. The Hall–Kier alpha value is -1.01. The van der Waals surface area contributed by atoms with E-state index < -0.39 is 0 Å². The van der Waals surface area contributed by atoms with E-state index in [1.54, 1.807) is 0 Å². The van der Waals surface area contributed by atoms with Crippen LogP contribution >= 0.6 is 11.6 Å². The van der Waals surface area contributed by atoms with Crippen LogP contribution in [-0.2, 0) is 6.54 Å². The van der Waals surface area contributed by atoms with Gasteiger partial charge in [0.05, 0.1) is 6.54 Å². The standard InChI is InChI=1S/C14H17ClN2/c1-2-6-16-7-9-17(10-8-16)12-13-4-3-5-14(15)11-13/h1,3-5,11H,6-10,12H2. The van der Waals surface area contributed by atoms with Gasteiger partial charge in [-0.25, -0.2) is 0 Å². The molecule has 2 nitrogen and oxygen atoms in total. The first-order chi connectivity index (χ1) is 8.28. The number of halogens is 1. The highest BCUT2D eigenvalue weighted by molar-refractivity contribution is 6.30. The molecular weight excluding hydrogens is 232 g/mol. The van der Waals surface area contributed by atoms with E-state index >= 15 is 0 Å². The summed E-state index contributed by atoms with van der Waals surface area (Å²) in [5, 5.41) is 0.813.